The van der Waals surface area contributed by atoms with Gasteiger partial charge in [-0.1, -0.05) is 51.8 Å². The fourth-order valence-corrected chi connectivity index (χ4v) is 2.28. The van der Waals surface area contributed by atoms with Gasteiger partial charge in [-0.15, -0.1) is 0 Å². The minimum atomic E-state index is -0.341. The molecular weight excluding hydrogens is 296 g/mol. The second-order valence-corrected chi connectivity index (χ2v) is 5.61. The molecule has 1 N–H and O–H groups in total. The minimum Gasteiger partial charge on any atom is -0.388 e. The van der Waals surface area contributed by atoms with Crippen molar-refractivity contribution >= 4 is 31.9 Å². The number of aliphatic hydroxyl groups is 1. The highest BCUT2D eigenvalue weighted by Gasteiger charge is 2.33. The molecule has 1 nitrogen and oxygen atoms in total. The molecule has 0 radical (unpaired) electrons. The van der Waals surface area contributed by atoms with Crippen molar-refractivity contribution in [2.75, 3.05) is 0 Å². The second-order valence-electron chi connectivity index (χ2n) is 3.98. The first kappa shape index (κ1) is 11.5. The Balaban J connectivity index is 2.94. The average Bonchev–Trinajstić information content (AvgIpc) is 2.00. The fourth-order valence-electron chi connectivity index (χ4n) is 1.48. The van der Waals surface area contributed by atoms with E-state index in [9.17, 15) is 5.11 Å². The first-order chi connectivity index (χ1) is 5.97. The molecule has 0 saturated carbocycles. The maximum Gasteiger partial charge on any atom is 0.0798 e. The van der Waals surface area contributed by atoms with Crippen LogP contribution >= 0.6 is 31.9 Å². The topological polar surface area (TPSA) is 20.2 Å². The van der Waals surface area contributed by atoms with Crippen molar-refractivity contribution in [1.82, 2.24) is 0 Å². The molecule has 0 amide bonds. The third-order valence-corrected chi connectivity index (χ3v) is 4.23. The predicted octanol–water partition coefficient (Wildman–Crippen LogP) is 3.38. The molecule has 1 aliphatic carbocycles. The normalized spacial score (nSPS) is 33.5. The Morgan fingerprint density at radius 3 is 2.77 bits per heavy atom. The van der Waals surface area contributed by atoms with Crippen LogP contribution in [-0.2, 0) is 0 Å². The van der Waals surface area contributed by atoms with Crippen LogP contribution in [0, 0.1) is 5.41 Å². The average molecular weight is 310 g/mol. The van der Waals surface area contributed by atoms with Crippen molar-refractivity contribution in [2.24, 2.45) is 5.41 Å². The maximum atomic E-state index is 9.73. The summed E-state index contributed by atoms with van der Waals surface area (Å²) >= 11 is 6.81. The maximum absolute atomic E-state index is 9.73. The summed E-state index contributed by atoms with van der Waals surface area (Å²) < 4.78 is 0. The van der Waals surface area contributed by atoms with E-state index >= 15 is 0 Å². The molecule has 1 rings (SSSR count). The van der Waals surface area contributed by atoms with Crippen molar-refractivity contribution in [3.63, 3.8) is 0 Å². The Bertz CT molecular complexity index is 243. The van der Waals surface area contributed by atoms with Gasteiger partial charge in [0.05, 0.1) is 6.10 Å². The zero-order chi connectivity index (χ0) is 10.1. The molecule has 0 bridgehead atoms. The molecule has 0 heterocycles. The van der Waals surface area contributed by atoms with Gasteiger partial charge in [-0.05, 0) is 28.5 Å². The smallest absolute Gasteiger partial charge is 0.0798 e. The highest BCUT2D eigenvalue weighted by atomic mass is 79.9. The summed E-state index contributed by atoms with van der Waals surface area (Å²) in [6.45, 7) is 4.33. The van der Waals surface area contributed by atoms with E-state index in [1.165, 1.54) is 0 Å². The van der Waals surface area contributed by atoms with Crippen LogP contribution in [0.15, 0.2) is 22.7 Å². The molecule has 1 aliphatic rings. The van der Waals surface area contributed by atoms with E-state index in [0.717, 1.165) is 12.0 Å². The lowest BCUT2D eigenvalue weighted by Crippen LogP contribution is -2.32. The Labute approximate surface area is 96.2 Å². The van der Waals surface area contributed by atoms with E-state index in [4.69, 9.17) is 0 Å². The zero-order valence-electron chi connectivity index (χ0n) is 7.80. The van der Waals surface area contributed by atoms with Crippen LogP contribution < -0.4 is 0 Å². The van der Waals surface area contributed by atoms with Gasteiger partial charge in [0.25, 0.3) is 0 Å². The highest BCUT2D eigenvalue weighted by molar-refractivity contribution is 9.11. The van der Waals surface area contributed by atoms with E-state index in [0.29, 0.717) is 4.83 Å². The largest absolute Gasteiger partial charge is 0.388 e. The molecule has 0 aromatic rings. The van der Waals surface area contributed by atoms with Gasteiger partial charge in [0.2, 0.25) is 0 Å². The summed E-state index contributed by atoms with van der Waals surface area (Å²) in [5.41, 5.74) is 1.11. The van der Waals surface area contributed by atoms with E-state index in [1.54, 1.807) is 4.99 Å². The third-order valence-electron chi connectivity index (χ3n) is 2.42. The quantitative estimate of drug-likeness (QED) is 0.736. The number of hydrogen-bond acceptors (Lipinski definition) is 1. The predicted molar refractivity (Wildman–Crippen MR) is 63.3 cm³/mol. The van der Waals surface area contributed by atoms with Crippen molar-refractivity contribution in [3.8, 4) is 0 Å². The molecule has 0 aliphatic heterocycles. The molecule has 2 atom stereocenters. The lowest BCUT2D eigenvalue weighted by atomic mass is 9.78. The number of halogens is 2. The Hall–Kier alpha value is 0.400. The molecule has 0 aromatic carbocycles. The van der Waals surface area contributed by atoms with Crippen LogP contribution in [0.5, 0.6) is 0 Å². The van der Waals surface area contributed by atoms with E-state index in [1.807, 2.05) is 6.08 Å². The number of hydrogen-bond donors (Lipinski definition) is 1. The second kappa shape index (κ2) is 4.28. The van der Waals surface area contributed by atoms with Gasteiger partial charge in [-0.3, -0.25) is 0 Å². The number of alkyl halides is 1. The SMILES string of the molecule is CC1(C)C=C(C=CBr)C(O)CC1Br. The molecule has 13 heavy (non-hydrogen) atoms. The van der Waals surface area contributed by atoms with Crippen LogP contribution in [-0.4, -0.2) is 16.0 Å². The van der Waals surface area contributed by atoms with Crippen LogP contribution in [0.3, 0.4) is 0 Å². The van der Waals surface area contributed by atoms with Crippen molar-refractivity contribution in [3.05, 3.63) is 22.7 Å². The van der Waals surface area contributed by atoms with Crippen molar-refractivity contribution in [2.45, 2.75) is 31.2 Å². The van der Waals surface area contributed by atoms with Gasteiger partial charge in [0.1, 0.15) is 0 Å². The standard InChI is InChI=1S/C10H14Br2O/c1-10(2)6-7(3-4-11)8(13)5-9(10)12/h3-4,6,8-9,13H,5H2,1-2H3. The molecule has 0 fully saturated rings. The lowest BCUT2D eigenvalue weighted by molar-refractivity contribution is 0.177. The molecule has 2 unspecified atom stereocenters. The first-order valence-electron chi connectivity index (χ1n) is 4.29. The molecule has 0 spiro atoms. The fraction of sp³-hybridized carbons (Fsp3) is 0.600. The monoisotopic (exact) mass is 308 g/mol. The third kappa shape index (κ3) is 2.67. The van der Waals surface area contributed by atoms with Crippen molar-refractivity contribution < 1.29 is 5.11 Å². The molecule has 3 heteroatoms. The van der Waals surface area contributed by atoms with Gasteiger partial charge in [-0.2, -0.15) is 0 Å². The van der Waals surface area contributed by atoms with Crippen LogP contribution in [0.25, 0.3) is 0 Å². The van der Waals surface area contributed by atoms with E-state index in [2.05, 4.69) is 51.8 Å². The number of allylic oxidation sites excluding steroid dienone is 1. The molecule has 0 saturated heterocycles. The lowest BCUT2D eigenvalue weighted by Gasteiger charge is -2.35. The first-order valence-corrected chi connectivity index (χ1v) is 6.12. The zero-order valence-corrected chi connectivity index (χ0v) is 11.0. The summed E-state index contributed by atoms with van der Waals surface area (Å²) in [5, 5.41) is 9.73. The molecule has 0 aromatic heterocycles. The van der Waals surface area contributed by atoms with Crippen LogP contribution in [0.1, 0.15) is 20.3 Å². The number of rotatable bonds is 1. The Morgan fingerprint density at radius 2 is 2.23 bits per heavy atom. The van der Waals surface area contributed by atoms with Gasteiger partial charge >= 0.3 is 0 Å². The Kier molecular flexibility index (Phi) is 3.78. The van der Waals surface area contributed by atoms with Crippen LogP contribution in [0.2, 0.25) is 0 Å². The Morgan fingerprint density at radius 1 is 1.62 bits per heavy atom. The summed E-state index contributed by atoms with van der Waals surface area (Å²) in [5.74, 6) is 0. The van der Waals surface area contributed by atoms with Gasteiger partial charge in [0.15, 0.2) is 0 Å². The minimum absolute atomic E-state index is 0.112. The molecular formula is C10H14Br2O. The van der Waals surface area contributed by atoms with E-state index < -0.39 is 0 Å². The summed E-state index contributed by atoms with van der Waals surface area (Å²) in [6, 6.07) is 0. The van der Waals surface area contributed by atoms with Gasteiger partial charge in [0, 0.05) is 4.83 Å². The summed E-state index contributed by atoms with van der Waals surface area (Å²) in [6.07, 6.45) is 4.46. The van der Waals surface area contributed by atoms with Crippen molar-refractivity contribution in [1.29, 1.82) is 0 Å². The van der Waals surface area contributed by atoms with Gasteiger partial charge in [-0.25, -0.2) is 0 Å². The summed E-state index contributed by atoms with van der Waals surface area (Å²) in [7, 11) is 0. The molecule has 74 valence electrons. The van der Waals surface area contributed by atoms with Gasteiger partial charge < -0.3 is 5.11 Å². The number of aliphatic hydroxyl groups excluding tert-OH is 1. The van der Waals surface area contributed by atoms with Crippen LogP contribution in [0.4, 0.5) is 0 Å². The highest BCUT2D eigenvalue weighted by Crippen LogP contribution is 2.38. The summed E-state index contributed by atoms with van der Waals surface area (Å²) in [4.78, 5) is 2.13. The van der Waals surface area contributed by atoms with E-state index in [-0.39, 0.29) is 11.5 Å².